The Hall–Kier alpha value is -0.370. The molecule has 2 heteroatoms. The minimum absolute atomic E-state index is 0.174. The van der Waals surface area contributed by atoms with Crippen molar-refractivity contribution in [2.45, 2.75) is 13.3 Å². The number of halogens is 1. The van der Waals surface area contributed by atoms with E-state index in [1.807, 2.05) is 12.2 Å². The molecule has 0 amide bonds. The quantitative estimate of drug-likeness (QED) is 0.646. The number of allylic oxidation sites excluding steroid dienone is 4. The molecular formula is C9H11BrO. The van der Waals surface area contributed by atoms with Crippen LogP contribution in [0, 0.1) is 5.92 Å². The molecule has 0 aromatic carbocycles. The molecule has 0 bridgehead atoms. The van der Waals surface area contributed by atoms with Crippen LogP contribution in [-0.4, -0.2) is 11.1 Å². The molecule has 1 aliphatic carbocycles. The van der Waals surface area contributed by atoms with E-state index in [9.17, 15) is 4.79 Å². The molecule has 0 radical (unpaired) electrons. The maximum atomic E-state index is 11.1. The summed E-state index contributed by atoms with van der Waals surface area (Å²) in [6.45, 7) is 2.12. The number of rotatable bonds is 2. The van der Waals surface area contributed by atoms with E-state index >= 15 is 0 Å². The molecule has 0 saturated heterocycles. The summed E-state index contributed by atoms with van der Waals surface area (Å²) < 4.78 is 0. The summed E-state index contributed by atoms with van der Waals surface area (Å²) in [5.41, 5.74) is 0.848. The van der Waals surface area contributed by atoms with Gasteiger partial charge in [-0.1, -0.05) is 41.1 Å². The van der Waals surface area contributed by atoms with Crippen LogP contribution in [0.3, 0.4) is 0 Å². The van der Waals surface area contributed by atoms with E-state index in [2.05, 4.69) is 28.9 Å². The second kappa shape index (κ2) is 3.86. The lowest BCUT2D eigenvalue weighted by molar-refractivity contribution is -0.112. The van der Waals surface area contributed by atoms with Crippen LogP contribution in [0.5, 0.6) is 0 Å². The van der Waals surface area contributed by atoms with E-state index in [1.54, 1.807) is 0 Å². The summed E-state index contributed by atoms with van der Waals surface area (Å²) in [6, 6.07) is 0. The van der Waals surface area contributed by atoms with Crippen molar-refractivity contribution in [3.8, 4) is 0 Å². The van der Waals surface area contributed by atoms with Gasteiger partial charge in [-0.25, -0.2) is 0 Å². The van der Waals surface area contributed by atoms with E-state index in [-0.39, 0.29) is 5.78 Å². The maximum absolute atomic E-state index is 11.1. The number of carbonyl (C=O) groups is 1. The Morgan fingerprint density at radius 1 is 1.82 bits per heavy atom. The Morgan fingerprint density at radius 2 is 2.55 bits per heavy atom. The SMILES string of the molecule is CC1C=C(C(=O)CBr)C=CC1. The van der Waals surface area contributed by atoms with Crippen LogP contribution < -0.4 is 0 Å². The molecule has 1 unspecified atom stereocenters. The van der Waals surface area contributed by atoms with Gasteiger partial charge in [0.05, 0.1) is 5.33 Å². The number of alkyl halides is 1. The molecule has 0 aromatic rings. The summed E-state index contributed by atoms with van der Waals surface area (Å²) in [5, 5.41) is 0.426. The molecule has 0 fully saturated rings. The van der Waals surface area contributed by atoms with Gasteiger partial charge in [-0.05, 0) is 12.3 Å². The highest BCUT2D eigenvalue weighted by Gasteiger charge is 2.09. The average molecular weight is 215 g/mol. The molecule has 60 valence electrons. The first kappa shape index (κ1) is 8.72. The van der Waals surface area contributed by atoms with Crippen molar-refractivity contribution in [2.24, 2.45) is 5.92 Å². The van der Waals surface area contributed by atoms with Crippen molar-refractivity contribution in [1.82, 2.24) is 0 Å². The molecule has 0 saturated carbocycles. The van der Waals surface area contributed by atoms with E-state index in [0.29, 0.717) is 11.2 Å². The first-order valence-corrected chi connectivity index (χ1v) is 4.83. The van der Waals surface area contributed by atoms with Crippen LogP contribution in [0.2, 0.25) is 0 Å². The highest BCUT2D eigenvalue weighted by Crippen LogP contribution is 2.16. The molecule has 0 aromatic heterocycles. The topological polar surface area (TPSA) is 17.1 Å². The number of hydrogen-bond donors (Lipinski definition) is 0. The van der Waals surface area contributed by atoms with Gasteiger partial charge in [0.2, 0.25) is 0 Å². The smallest absolute Gasteiger partial charge is 0.173 e. The number of Topliss-reactive ketones (excluding diaryl/α,β-unsaturated/α-hetero) is 1. The van der Waals surface area contributed by atoms with Gasteiger partial charge in [-0.3, -0.25) is 4.79 Å². The Kier molecular flexibility index (Phi) is 3.06. The minimum atomic E-state index is 0.174. The van der Waals surface area contributed by atoms with E-state index in [0.717, 1.165) is 12.0 Å². The van der Waals surface area contributed by atoms with Gasteiger partial charge in [-0.2, -0.15) is 0 Å². The van der Waals surface area contributed by atoms with Gasteiger partial charge in [0.15, 0.2) is 5.78 Å². The van der Waals surface area contributed by atoms with Crippen LogP contribution in [0.25, 0.3) is 0 Å². The Bertz CT molecular complexity index is 216. The highest BCUT2D eigenvalue weighted by atomic mass is 79.9. The molecule has 0 spiro atoms. The van der Waals surface area contributed by atoms with Gasteiger partial charge >= 0.3 is 0 Å². The van der Waals surface area contributed by atoms with Gasteiger partial charge in [0, 0.05) is 5.57 Å². The van der Waals surface area contributed by atoms with Crippen LogP contribution in [0.4, 0.5) is 0 Å². The van der Waals surface area contributed by atoms with Crippen molar-refractivity contribution < 1.29 is 4.79 Å². The molecule has 1 atom stereocenters. The zero-order valence-corrected chi connectivity index (χ0v) is 8.10. The van der Waals surface area contributed by atoms with Gasteiger partial charge in [0.1, 0.15) is 0 Å². The van der Waals surface area contributed by atoms with Crippen molar-refractivity contribution in [1.29, 1.82) is 0 Å². The standard InChI is InChI=1S/C9H11BrO/c1-7-3-2-4-8(5-7)9(11)6-10/h2,4-5,7H,3,6H2,1H3. The normalized spacial score (nSPS) is 23.1. The van der Waals surface area contributed by atoms with Crippen LogP contribution in [0.1, 0.15) is 13.3 Å². The fourth-order valence-electron chi connectivity index (χ4n) is 1.10. The van der Waals surface area contributed by atoms with Gasteiger partial charge < -0.3 is 0 Å². The molecule has 0 N–H and O–H groups in total. The van der Waals surface area contributed by atoms with Crippen LogP contribution in [-0.2, 0) is 4.79 Å². The van der Waals surface area contributed by atoms with Crippen LogP contribution >= 0.6 is 15.9 Å². The molecular weight excluding hydrogens is 204 g/mol. The monoisotopic (exact) mass is 214 g/mol. The third-order valence-electron chi connectivity index (χ3n) is 1.71. The first-order valence-electron chi connectivity index (χ1n) is 3.71. The van der Waals surface area contributed by atoms with E-state index in [1.165, 1.54) is 0 Å². The number of carbonyl (C=O) groups excluding carboxylic acids is 1. The first-order chi connectivity index (χ1) is 5.24. The zero-order chi connectivity index (χ0) is 8.27. The largest absolute Gasteiger partial charge is 0.293 e. The zero-order valence-electron chi connectivity index (χ0n) is 6.51. The predicted molar refractivity (Wildman–Crippen MR) is 49.8 cm³/mol. The fraction of sp³-hybridized carbons (Fsp3) is 0.444. The molecule has 0 heterocycles. The van der Waals surface area contributed by atoms with Gasteiger partial charge in [0.25, 0.3) is 0 Å². The van der Waals surface area contributed by atoms with Crippen molar-refractivity contribution >= 4 is 21.7 Å². The molecule has 0 aliphatic heterocycles. The summed E-state index contributed by atoms with van der Waals surface area (Å²) in [7, 11) is 0. The highest BCUT2D eigenvalue weighted by molar-refractivity contribution is 9.09. The third-order valence-corrected chi connectivity index (χ3v) is 2.22. The summed E-state index contributed by atoms with van der Waals surface area (Å²) >= 11 is 3.15. The average Bonchev–Trinajstić information content (AvgIpc) is 2.03. The predicted octanol–water partition coefficient (Wildman–Crippen LogP) is 2.47. The Balaban J connectivity index is 2.71. The summed E-state index contributed by atoms with van der Waals surface area (Å²) in [4.78, 5) is 11.1. The van der Waals surface area contributed by atoms with Gasteiger partial charge in [-0.15, -0.1) is 0 Å². The lowest BCUT2D eigenvalue weighted by atomic mass is 9.96. The van der Waals surface area contributed by atoms with E-state index in [4.69, 9.17) is 0 Å². The number of ketones is 1. The lowest BCUT2D eigenvalue weighted by Gasteiger charge is -2.09. The fourth-order valence-corrected chi connectivity index (χ4v) is 1.43. The lowest BCUT2D eigenvalue weighted by Crippen LogP contribution is -2.06. The molecule has 1 nitrogen and oxygen atoms in total. The Labute approximate surface area is 75.3 Å². The van der Waals surface area contributed by atoms with Crippen molar-refractivity contribution in [3.63, 3.8) is 0 Å². The minimum Gasteiger partial charge on any atom is -0.293 e. The maximum Gasteiger partial charge on any atom is 0.173 e. The van der Waals surface area contributed by atoms with Crippen molar-refractivity contribution in [2.75, 3.05) is 5.33 Å². The second-order valence-corrected chi connectivity index (χ2v) is 3.35. The summed E-state index contributed by atoms with van der Waals surface area (Å²) in [5.74, 6) is 0.686. The summed E-state index contributed by atoms with van der Waals surface area (Å²) in [6.07, 6.45) is 7.05. The van der Waals surface area contributed by atoms with Crippen molar-refractivity contribution in [3.05, 3.63) is 23.8 Å². The third kappa shape index (κ3) is 2.29. The molecule has 1 aliphatic rings. The second-order valence-electron chi connectivity index (χ2n) is 2.79. The van der Waals surface area contributed by atoms with E-state index < -0.39 is 0 Å². The molecule has 1 rings (SSSR count). The Morgan fingerprint density at radius 3 is 3.09 bits per heavy atom. The van der Waals surface area contributed by atoms with Crippen LogP contribution in [0.15, 0.2) is 23.8 Å². The number of hydrogen-bond acceptors (Lipinski definition) is 1. The molecule has 11 heavy (non-hydrogen) atoms.